The standard InChI is InChI=1S/C17H17N3O4/c21-15-17(23,8-10-20(15)14-6-2-1-3-7-14)24-16(22)19-12-13-5-4-9-18-11-13/h1-7,9,11,23H,8,10,12H2,(H,19,22)/t17-/m0/s1. The Labute approximate surface area is 138 Å². The number of amides is 2. The van der Waals surface area contributed by atoms with Gasteiger partial charge in [0.1, 0.15) is 0 Å². The van der Waals surface area contributed by atoms with Crippen molar-refractivity contribution in [3.8, 4) is 0 Å². The summed E-state index contributed by atoms with van der Waals surface area (Å²) in [5, 5.41) is 12.9. The highest BCUT2D eigenvalue weighted by Crippen LogP contribution is 2.29. The topological polar surface area (TPSA) is 91.8 Å². The molecule has 3 rings (SSSR count). The number of nitrogens with one attached hydrogen (secondary N) is 1. The molecule has 2 amide bonds. The first-order valence-corrected chi connectivity index (χ1v) is 7.54. The predicted octanol–water partition coefficient (Wildman–Crippen LogP) is 1.43. The lowest BCUT2D eigenvalue weighted by Gasteiger charge is -2.22. The number of hydrogen-bond acceptors (Lipinski definition) is 5. The molecule has 2 aromatic rings. The fourth-order valence-electron chi connectivity index (χ4n) is 2.50. The van der Waals surface area contributed by atoms with Crippen molar-refractivity contribution in [2.75, 3.05) is 11.4 Å². The molecule has 1 atom stereocenters. The van der Waals surface area contributed by atoms with E-state index in [1.54, 1.807) is 48.8 Å². The van der Waals surface area contributed by atoms with Crippen LogP contribution in [0.4, 0.5) is 10.5 Å². The van der Waals surface area contributed by atoms with Crippen molar-refractivity contribution in [2.45, 2.75) is 18.8 Å². The average molecular weight is 327 g/mol. The molecule has 7 heteroatoms. The number of carbonyl (C=O) groups is 2. The van der Waals surface area contributed by atoms with Gasteiger partial charge in [-0.15, -0.1) is 0 Å². The van der Waals surface area contributed by atoms with Crippen LogP contribution in [0.5, 0.6) is 0 Å². The maximum atomic E-state index is 12.4. The molecule has 1 fully saturated rings. The Morgan fingerprint density at radius 2 is 2.08 bits per heavy atom. The largest absolute Gasteiger partial charge is 0.410 e. The number of para-hydroxylation sites is 1. The van der Waals surface area contributed by atoms with Gasteiger partial charge in [-0.2, -0.15) is 0 Å². The van der Waals surface area contributed by atoms with E-state index in [4.69, 9.17) is 4.74 Å². The smallest absolute Gasteiger partial charge is 0.407 e. The van der Waals surface area contributed by atoms with Gasteiger partial charge in [0.25, 0.3) is 11.7 Å². The normalized spacial score (nSPS) is 20.0. The van der Waals surface area contributed by atoms with Crippen LogP contribution in [0.1, 0.15) is 12.0 Å². The van der Waals surface area contributed by atoms with Crippen LogP contribution in [-0.4, -0.2) is 34.4 Å². The van der Waals surface area contributed by atoms with Crippen molar-refractivity contribution >= 4 is 17.7 Å². The lowest BCUT2D eigenvalue weighted by molar-refractivity contribution is -0.175. The monoisotopic (exact) mass is 327 g/mol. The Balaban J connectivity index is 1.60. The highest BCUT2D eigenvalue weighted by Gasteiger charge is 2.49. The molecule has 0 bridgehead atoms. The summed E-state index contributed by atoms with van der Waals surface area (Å²) in [6.07, 6.45) is 2.39. The van der Waals surface area contributed by atoms with E-state index in [1.807, 2.05) is 6.07 Å². The summed E-state index contributed by atoms with van der Waals surface area (Å²) in [7, 11) is 0. The van der Waals surface area contributed by atoms with E-state index in [0.717, 1.165) is 5.56 Å². The number of aliphatic hydroxyl groups is 1. The van der Waals surface area contributed by atoms with E-state index in [1.165, 1.54) is 4.90 Å². The van der Waals surface area contributed by atoms with Crippen LogP contribution in [-0.2, 0) is 16.1 Å². The number of pyridine rings is 1. The van der Waals surface area contributed by atoms with E-state index in [-0.39, 0.29) is 19.5 Å². The van der Waals surface area contributed by atoms with Crippen LogP contribution in [0.15, 0.2) is 54.9 Å². The van der Waals surface area contributed by atoms with Crippen molar-refractivity contribution in [3.05, 3.63) is 60.4 Å². The zero-order chi connectivity index (χ0) is 17.0. The number of benzene rings is 1. The fourth-order valence-corrected chi connectivity index (χ4v) is 2.50. The second kappa shape index (κ2) is 6.67. The molecule has 1 aromatic heterocycles. The molecule has 1 aromatic carbocycles. The van der Waals surface area contributed by atoms with Crippen LogP contribution in [0, 0.1) is 0 Å². The van der Waals surface area contributed by atoms with Crippen molar-refractivity contribution in [3.63, 3.8) is 0 Å². The molecule has 1 saturated heterocycles. The number of carbonyl (C=O) groups excluding carboxylic acids is 2. The van der Waals surface area contributed by atoms with Gasteiger partial charge in [0.15, 0.2) is 0 Å². The molecular weight excluding hydrogens is 310 g/mol. The van der Waals surface area contributed by atoms with Crippen LogP contribution in [0.25, 0.3) is 0 Å². The first-order valence-electron chi connectivity index (χ1n) is 7.54. The highest BCUT2D eigenvalue weighted by atomic mass is 16.7. The molecule has 1 aliphatic heterocycles. The van der Waals surface area contributed by atoms with E-state index in [0.29, 0.717) is 5.69 Å². The minimum absolute atomic E-state index is 0.0149. The molecule has 7 nitrogen and oxygen atoms in total. The second-order valence-electron chi connectivity index (χ2n) is 5.43. The number of hydrogen-bond donors (Lipinski definition) is 2. The minimum Gasteiger partial charge on any atom is -0.407 e. The van der Waals surface area contributed by atoms with Crippen LogP contribution < -0.4 is 10.2 Å². The van der Waals surface area contributed by atoms with Gasteiger partial charge in [-0.3, -0.25) is 9.78 Å². The average Bonchev–Trinajstić information content (AvgIpc) is 2.90. The number of alkyl carbamates (subject to hydrolysis) is 1. The highest BCUT2D eigenvalue weighted by molar-refractivity contribution is 6.01. The van der Waals surface area contributed by atoms with Crippen molar-refractivity contribution in [2.24, 2.45) is 0 Å². The van der Waals surface area contributed by atoms with E-state index in [9.17, 15) is 14.7 Å². The first kappa shape index (κ1) is 15.9. The van der Waals surface area contributed by atoms with Crippen LogP contribution >= 0.6 is 0 Å². The van der Waals surface area contributed by atoms with Gasteiger partial charge in [0, 0.05) is 37.6 Å². The second-order valence-corrected chi connectivity index (χ2v) is 5.43. The predicted molar refractivity (Wildman–Crippen MR) is 85.9 cm³/mol. The van der Waals surface area contributed by atoms with Gasteiger partial charge < -0.3 is 20.1 Å². The number of anilines is 1. The molecule has 124 valence electrons. The SMILES string of the molecule is O=C(NCc1cccnc1)O[C@@]1(O)CCN(c2ccccc2)C1=O. The number of aromatic nitrogens is 1. The molecule has 0 radical (unpaired) electrons. The quantitative estimate of drug-likeness (QED) is 0.829. The Bertz CT molecular complexity index is 723. The molecule has 24 heavy (non-hydrogen) atoms. The van der Waals surface area contributed by atoms with Crippen LogP contribution in [0.3, 0.4) is 0 Å². The van der Waals surface area contributed by atoms with Crippen molar-refractivity contribution in [1.82, 2.24) is 10.3 Å². The van der Waals surface area contributed by atoms with E-state index >= 15 is 0 Å². The Morgan fingerprint density at radius 3 is 2.79 bits per heavy atom. The zero-order valence-corrected chi connectivity index (χ0v) is 12.9. The Morgan fingerprint density at radius 1 is 1.29 bits per heavy atom. The lowest BCUT2D eigenvalue weighted by Crippen LogP contribution is -2.46. The number of ether oxygens (including phenoxy) is 1. The minimum atomic E-state index is -2.14. The molecule has 0 spiro atoms. The molecule has 1 aliphatic rings. The summed E-state index contributed by atoms with van der Waals surface area (Å²) < 4.78 is 4.98. The van der Waals surface area contributed by atoms with E-state index in [2.05, 4.69) is 10.3 Å². The third-order valence-electron chi connectivity index (χ3n) is 3.74. The number of rotatable bonds is 4. The molecule has 2 heterocycles. The van der Waals surface area contributed by atoms with Gasteiger partial charge in [-0.05, 0) is 23.8 Å². The summed E-state index contributed by atoms with van der Waals surface area (Å²) in [4.78, 5) is 29.6. The maximum absolute atomic E-state index is 12.4. The first-order chi connectivity index (χ1) is 11.6. The third-order valence-corrected chi connectivity index (χ3v) is 3.74. The van der Waals surface area contributed by atoms with Gasteiger partial charge in [0.05, 0.1) is 0 Å². The summed E-state index contributed by atoms with van der Waals surface area (Å²) in [5.41, 5.74) is 1.43. The van der Waals surface area contributed by atoms with Crippen molar-refractivity contribution in [1.29, 1.82) is 0 Å². The molecule has 0 aliphatic carbocycles. The molecule has 0 saturated carbocycles. The van der Waals surface area contributed by atoms with Gasteiger partial charge in [-0.1, -0.05) is 24.3 Å². The lowest BCUT2D eigenvalue weighted by atomic mass is 10.2. The summed E-state index contributed by atoms with van der Waals surface area (Å²) in [6.45, 7) is 0.467. The van der Waals surface area contributed by atoms with Crippen LogP contribution in [0.2, 0.25) is 0 Å². The number of nitrogens with zero attached hydrogens (tertiary/aromatic N) is 2. The van der Waals surface area contributed by atoms with Gasteiger partial charge in [0.2, 0.25) is 0 Å². The van der Waals surface area contributed by atoms with Gasteiger partial charge >= 0.3 is 6.09 Å². The Hall–Kier alpha value is -2.93. The van der Waals surface area contributed by atoms with Gasteiger partial charge in [-0.25, -0.2) is 4.79 Å². The third kappa shape index (κ3) is 3.36. The Kier molecular flexibility index (Phi) is 4.43. The summed E-state index contributed by atoms with van der Waals surface area (Å²) in [5.74, 6) is -2.79. The fraction of sp³-hybridized carbons (Fsp3) is 0.235. The van der Waals surface area contributed by atoms with Crippen molar-refractivity contribution < 1.29 is 19.4 Å². The maximum Gasteiger partial charge on any atom is 0.410 e. The summed E-state index contributed by atoms with van der Waals surface area (Å²) in [6, 6.07) is 12.5. The molecule has 2 N–H and O–H groups in total. The summed E-state index contributed by atoms with van der Waals surface area (Å²) >= 11 is 0. The molecule has 0 unspecified atom stereocenters. The zero-order valence-electron chi connectivity index (χ0n) is 12.9. The molecular formula is C17H17N3O4. The van der Waals surface area contributed by atoms with E-state index < -0.39 is 17.8 Å².